The summed E-state index contributed by atoms with van der Waals surface area (Å²) in [5.41, 5.74) is 7.22. The van der Waals surface area contributed by atoms with Crippen LogP contribution >= 0.6 is 0 Å². The van der Waals surface area contributed by atoms with Crippen LogP contribution in [0.1, 0.15) is 6.92 Å². The lowest BCUT2D eigenvalue weighted by molar-refractivity contribution is 0.339. The molecule has 0 aliphatic carbocycles. The van der Waals surface area contributed by atoms with E-state index in [1.54, 1.807) is 24.3 Å². The van der Waals surface area contributed by atoms with Gasteiger partial charge < -0.3 is 19.6 Å². The van der Waals surface area contributed by atoms with Crippen molar-refractivity contribution in [2.45, 2.75) is 6.92 Å². The zero-order valence-corrected chi connectivity index (χ0v) is 11.4. The SMILES string of the molecule is CCOc1ccc(Oc2cc3[nH]c(=O)oc3cc2N)cc1. The van der Waals surface area contributed by atoms with Gasteiger partial charge in [0.1, 0.15) is 11.5 Å². The van der Waals surface area contributed by atoms with E-state index in [9.17, 15) is 4.79 Å². The first-order valence-electron chi connectivity index (χ1n) is 6.49. The summed E-state index contributed by atoms with van der Waals surface area (Å²) >= 11 is 0. The van der Waals surface area contributed by atoms with E-state index in [2.05, 4.69) is 4.98 Å². The zero-order valence-electron chi connectivity index (χ0n) is 11.4. The lowest BCUT2D eigenvalue weighted by Crippen LogP contribution is -1.94. The van der Waals surface area contributed by atoms with E-state index in [0.29, 0.717) is 34.9 Å². The molecule has 0 saturated carbocycles. The maximum atomic E-state index is 11.2. The van der Waals surface area contributed by atoms with Crippen LogP contribution < -0.4 is 21.0 Å². The number of oxazole rings is 1. The van der Waals surface area contributed by atoms with Crippen molar-refractivity contribution in [1.29, 1.82) is 0 Å². The standard InChI is InChI=1S/C15H14N2O4/c1-2-19-9-3-5-10(6-4-9)20-13-8-12-14(7-11(13)16)21-15(18)17-12/h3-8H,2,16H2,1H3,(H,17,18). The number of rotatable bonds is 4. The molecular formula is C15H14N2O4. The second-order valence-corrected chi connectivity index (χ2v) is 4.41. The largest absolute Gasteiger partial charge is 0.494 e. The molecule has 0 fully saturated rings. The number of nitrogen functional groups attached to an aromatic ring is 1. The molecule has 1 aromatic heterocycles. The first kappa shape index (κ1) is 13.1. The maximum Gasteiger partial charge on any atom is 0.417 e. The van der Waals surface area contributed by atoms with Gasteiger partial charge >= 0.3 is 5.76 Å². The number of nitrogens with two attached hydrogens (primary N) is 1. The Morgan fingerprint density at radius 3 is 2.62 bits per heavy atom. The Morgan fingerprint density at radius 1 is 1.19 bits per heavy atom. The monoisotopic (exact) mass is 286 g/mol. The van der Waals surface area contributed by atoms with Gasteiger partial charge in [0, 0.05) is 12.1 Å². The molecule has 0 spiro atoms. The summed E-state index contributed by atoms with van der Waals surface area (Å²) in [5.74, 6) is 1.31. The smallest absolute Gasteiger partial charge is 0.417 e. The number of ether oxygens (including phenoxy) is 2. The van der Waals surface area contributed by atoms with E-state index in [-0.39, 0.29) is 0 Å². The predicted octanol–water partition coefficient (Wildman–Crippen LogP) is 2.89. The highest BCUT2D eigenvalue weighted by molar-refractivity contribution is 5.80. The average Bonchev–Trinajstić information content (AvgIpc) is 2.81. The normalized spacial score (nSPS) is 10.7. The van der Waals surface area contributed by atoms with Gasteiger partial charge in [-0.05, 0) is 31.2 Å². The van der Waals surface area contributed by atoms with Crippen molar-refractivity contribution < 1.29 is 13.9 Å². The number of aromatic nitrogens is 1. The first-order valence-corrected chi connectivity index (χ1v) is 6.49. The van der Waals surface area contributed by atoms with E-state index in [1.165, 1.54) is 0 Å². The van der Waals surface area contributed by atoms with Crippen molar-refractivity contribution in [3.8, 4) is 17.2 Å². The van der Waals surface area contributed by atoms with Gasteiger partial charge in [-0.2, -0.15) is 0 Å². The molecule has 0 radical (unpaired) electrons. The van der Waals surface area contributed by atoms with Crippen molar-refractivity contribution in [3.63, 3.8) is 0 Å². The minimum atomic E-state index is -0.525. The highest BCUT2D eigenvalue weighted by atomic mass is 16.5. The third-order valence-corrected chi connectivity index (χ3v) is 2.91. The molecule has 108 valence electrons. The van der Waals surface area contributed by atoms with Crippen LogP contribution in [0.4, 0.5) is 5.69 Å². The molecule has 1 heterocycles. The fourth-order valence-corrected chi connectivity index (χ4v) is 1.98. The van der Waals surface area contributed by atoms with Gasteiger partial charge in [0.15, 0.2) is 11.3 Å². The van der Waals surface area contributed by atoms with Crippen molar-refractivity contribution in [2.24, 2.45) is 0 Å². The van der Waals surface area contributed by atoms with Crippen LogP contribution in [0.15, 0.2) is 45.6 Å². The fourth-order valence-electron chi connectivity index (χ4n) is 1.98. The molecule has 0 unspecified atom stereocenters. The van der Waals surface area contributed by atoms with Gasteiger partial charge in [-0.25, -0.2) is 4.79 Å². The molecule has 0 bridgehead atoms. The Bertz CT molecular complexity index is 818. The molecule has 6 nitrogen and oxygen atoms in total. The highest BCUT2D eigenvalue weighted by Gasteiger charge is 2.09. The maximum absolute atomic E-state index is 11.2. The van der Waals surface area contributed by atoms with Crippen LogP contribution in [-0.4, -0.2) is 11.6 Å². The quantitative estimate of drug-likeness (QED) is 0.720. The van der Waals surface area contributed by atoms with Gasteiger partial charge in [-0.1, -0.05) is 0 Å². The molecule has 3 aromatic rings. The average molecular weight is 286 g/mol. The summed E-state index contributed by atoms with van der Waals surface area (Å²) in [5, 5.41) is 0. The lowest BCUT2D eigenvalue weighted by Gasteiger charge is -2.09. The molecule has 0 atom stereocenters. The van der Waals surface area contributed by atoms with Crippen LogP contribution in [0.25, 0.3) is 11.1 Å². The number of hydrogen-bond donors (Lipinski definition) is 2. The van der Waals surface area contributed by atoms with Crippen LogP contribution in [0, 0.1) is 0 Å². The Morgan fingerprint density at radius 2 is 1.90 bits per heavy atom. The molecule has 0 aliphatic rings. The van der Waals surface area contributed by atoms with E-state index in [1.807, 2.05) is 19.1 Å². The van der Waals surface area contributed by atoms with Gasteiger partial charge in [0.05, 0.1) is 17.8 Å². The summed E-state index contributed by atoms with van der Waals surface area (Å²) < 4.78 is 16.0. The van der Waals surface area contributed by atoms with Crippen molar-refractivity contribution in [3.05, 3.63) is 46.9 Å². The van der Waals surface area contributed by atoms with E-state index in [0.717, 1.165) is 5.75 Å². The second-order valence-electron chi connectivity index (χ2n) is 4.41. The number of fused-ring (bicyclic) bond motifs is 1. The van der Waals surface area contributed by atoms with Crippen molar-refractivity contribution in [2.75, 3.05) is 12.3 Å². The number of hydrogen-bond acceptors (Lipinski definition) is 5. The Hall–Kier alpha value is -2.89. The second kappa shape index (κ2) is 5.24. The van der Waals surface area contributed by atoms with Gasteiger partial charge in [-0.3, -0.25) is 4.98 Å². The molecule has 0 amide bonds. The molecule has 3 N–H and O–H groups in total. The first-order chi connectivity index (χ1) is 10.2. The molecule has 2 aromatic carbocycles. The molecule has 21 heavy (non-hydrogen) atoms. The summed E-state index contributed by atoms with van der Waals surface area (Å²) in [6.45, 7) is 2.53. The van der Waals surface area contributed by atoms with Gasteiger partial charge in [0.25, 0.3) is 0 Å². The van der Waals surface area contributed by atoms with E-state index >= 15 is 0 Å². The summed E-state index contributed by atoms with van der Waals surface area (Å²) in [6, 6.07) is 10.4. The minimum absolute atomic E-state index is 0.388. The number of anilines is 1. The van der Waals surface area contributed by atoms with Crippen LogP contribution in [0.5, 0.6) is 17.2 Å². The molecule has 0 saturated heterocycles. The Labute approximate surface area is 120 Å². The fraction of sp³-hybridized carbons (Fsp3) is 0.133. The highest BCUT2D eigenvalue weighted by Crippen LogP contribution is 2.31. The lowest BCUT2D eigenvalue weighted by atomic mass is 10.2. The molecule has 3 rings (SSSR count). The van der Waals surface area contributed by atoms with Gasteiger partial charge in [-0.15, -0.1) is 0 Å². The van der Waals surface area contributed by atoms with Crippen LogP contribution in [-0.2, 0) is 0 Å². The third-order valence-electron chi connectivity index (χ3n) is 2.91. The summed E-state index contributed by atoms with van der Waals surface area (Å²) in [4.78, 5) is 13.7. The number of aromatic amines is 1. The topological polar surface area (TPSA) is 90.5 Å². The Balaban J connectivity index is 1.89. The number of benzene rings is 2. The van der Waals surface area contributed by atoms with Crippen LogP contribution in [0.2, 0.25) is 0 Å². The Kier molecular flexibility index (Phi) is 3.27. The number of H-pyrrole nitrogens is 1. The minimum Gasteiger partial charge on any atom is -0.494 e. The van der Waals surface area contributed by atoms with E-state index in [4.69, 9.17) is 19.6 Å². The molecular weight excluding hydrogens is 272 g/mol. The third kappa shape index (κ3) is 2.69. The van der Waals surface area contributed by atoms with Crippen molar-refractivity contribution in [1.82, 2.24) is 4.98 Å². The van der Waals surface area contributed by atoms with Crippen LogP contribution in [0.3, 0.4) is 0 Å². The van der Waals surface area contributed by atoms with Crippen molar-refractivity contribution >= 4 is 16.8 Å². The summed E-state index contributed by atoms with van der Waals surface area (Å²) in [6.07, 6.45) is 0. The zero-order chi connectivity index (χ0) is 14.8. The van der Waals surface area contributed by atoms with E-state index < -0.39 is 5.76 Å². The summed E-state index contributed by atoms with van der Waals surface area (Å²) in [7, 11) is 0. The molecule has 6 heteroatoms. The number of nitrogens with one attached hydrogen (secondary N) is 1. The molecule has 0 aliphatic heterocycles. The predicted molar refractivity (Wildman–Crippen MR) is 78.9 cm³/mol. The van der Waals surface area contributed by atoms with Gasteiger partial charge in [0.2, 0.25) is 0 Å².